The standard InChI is InChI=1S/C16H25N3O/c1-4-13-15(10-14-11(2)9-12(14)3)20-18-16(13)19-7-5-17-6-8-19/h4,10-12,14,17H,5-9H2,1-3H3/b13-4+,15-10+. The zero-order valence-electron chi connectivity index (χ0n) is 12.7. The van der Waals surface area contributed by atoms with Crippen LogP contribution in [0, 0.1) is 17.8 Å². The van der Waals surface area contributed by atoms with Crippen LogP contribution in [0.25, 0.3) is 12.2 Å². The first-order valence-electron chi connectivity index (χ1n) is 7.80. The molecule has 1 aromatic heterocycles. The Morgan fingerprint density at radius 3 is 2.55 bits per heavy atom. The zero-order chi connectivity index (χ0) is 14.1. The lowest BCUT2D eigenvalue weighted by Crippen LogP contribution is -2.46. The molecule has 1 N–H and O–H groups in total. The summed E-state index contributed by atoms with van der Waals surface area (Å²) in [7, 11) is 0. The highest BCUT2D eigenvalue weighted by molar-refractivity contribution is 5.46. The Morgan fingerprint density at radius 1 is 1.25 bits per heavy atom. The van der Waals surface area contributed by atoms with E-state index in [1.165, 1.54) is 11.6 Å². The van der Waals surface area contributed by atoms with Crippen molar-refractivity contribution >= 4 is 18.0 Å². The lowest BCUT2D eigenvalue weighted by atomic mass is 9.66. The predicted octanol–water partition coefficient (Wildman–Crippen LogP) is 0.957. The molecule has 0 bridgehead atoms. The summed E-state index contributed by atoms with van der Waals surface area (Å²) in [6.07, 6.45) is 5.76. The molecule has 0 amide bonds. The van der Waals surface area contributed by atoms with E-state index in [2.05, 4.69) is 48.3 Å². The zero-order valence-corrected chi connectivity index (χ0v) is 12.7. The fourth-order valence-corrected chi connectivity index (χ4v) is 3.57. The van der Waals surface area contributed by atoms with Crippen LogP contribution in [0.4, 0.5) is 5.82 Å². The van der Waals surface area contributed by atoms with Gasteiger partial charge in [-0.15, -0.1) is 0 Å². The molecule has 2 unspecified atom stereocenters. The molecule has 2 atom stereocenters. The topological polar surface area (TPSA) is 41.3 Å². The lowest BCUT2D eigenvalue weighted by Gasteiger charge is -2.38. The molecule has 1 saturated carbocycles. The van der Waals surface area contributed by atoms with Crippen molar-refractivity contribution in [2.45, 2.75) is 27.2 Å². The number of rotatable bonds is 2. The number of anilines is 1. The summed E-state index contributed by atoms with van der Waals surface area (Å²) in [4.78, 5) is 2.32. The van der Waals surface area contributed by atoms with Crippen molar-refractivity contribution in [3.63, 3.8) is 0 Å². The van der Waals surface area contributed by atoms with Crippen LogP contribution in [0.1, 0.15) is 27.2 Å². The third-order valence-electron chi connectivity index (χ3n) is 4.84. The second kappa shape index (κ2) is 5.60. The van der Waals surface area contributed by atoms with E-state index in [-0.39, 0.29) is 0 Å². The molecule has 2 fully saturated rings. The van der Waals surface area contributed by atoms with Gasteiger partial charge in [0.15, 0.2) is 11.2 Å². The third kappa shape index (κ3) is 2.37. The third-order valence-corrected chi connectivity index (χ3v) is 4.84. The lowest BCUT2D eigenvalue weighted by molar-refractivity contribution is 0.161. The molecule has 4 nitrogen and oxygen atoms in total. The fourth-order valence-electron chi connectivity index (χ4n) is 3.57. The number of piperazine rings is 1. The number of hydrogen-bond donors (Lipinski definition) is 1. The maximum absolute atomic E-state index is 5.64. The highest BCUT2D eigenvalue weighted by Gasteiger charge is 2.33. The number of nitrogens with one attached hydrogen (secondary N) is 1. The van der Waals surface area contributed by atoms with E-state index in [1.54, 1.807) is 0 Å². The smallest absolute Gasteiger partial charge is 0.179 e. The van der Waals surface area contributed by atoms with Crippen molar-refractivity contribution < 1.29 is 4.52 Å². The van der Waals surface area contributed by atoms with Gasteiger partial charge in [-0.2, -0.15) is 0 Å². The molecule has 3 rings (SSSR count). The molecule has 2 aliphatic rings. The Bertz CT molecular complexity index is 563. The van der Waals surface area contributed by atoms with Gasteiger partial charge in [-0.05, 0) is 37.2 Å². The molecule has 0 radical (unpaired) electrons. The van der Waals surface area contributed by atoms with Crippen molar-refractivity contribution in [3.05, 3.63) is 10.6 Å². The van der Waals surface area contributed by atoms with Crippen molar-refractivity contribution in [1.29, 1.82) is 0 Å². The van der Waals surface area contributed by atoms with E-state index in [4.69, 9.17) is 4.52 Å². The highest BCUT2D eigenvalue weighted by Crippen LogP contribution is 2.40. The van der Waals surface area contributed by atoms with Crippen LogP contribution in [-0.4, -0.2) is 31.3 Å². The molecule has 20 heavy (non-hydrogen) atoms. The van der Waals surface area contributed by atoms with E-state index in [1.807, 2.05) is 0 Å². The van der Waals surface area contributed by atoms with Crippen molar-refractivity contribution in [1.82, 2.24) is 10.5 Å². The molecular formula is C16H25N3O. The van der Waals surface area contributed by atoms with Crippen molar-refractivity contribution in [3.8, 4) is 0 Å². The minimum absolute atomic E-state index is 0.637. The van der Waals surface area contributed by atoms with Crippen LogP contribution in [0.5, 0.6) is 0 Å². The van der Waals surface area contributed by atoms with Gasteiger partial charge in [-0.3, -0.25) is 0 Å². The molecular weight excluding hydrogens is 250 g/mol. The number of hydrogen-bond acceptors (Lipinski definition) is 4. The van der Waals surface area contributed by atoms with Gasteiger partial charge in [0.1, 0.15) is 0 Å². The summed E-state index contributed by atoms with van der Waals surface area (Å²) in [6, 6.07) is 0. The van der Waals surface area contributed by atoms with E-state index in [0.717, 1.165) is 49.2 Å². The summed E-state index contributed by atoms with van der Waals surface area (Å²) < 4.78 is 5.64. The highest BCUT2D eigenvalue weighted by atomic mass is 16.5. The van der Waals surface area contributed by atoms with Gasteiger partial charge >= 0.3 is 0 Å². The number of aromatic nitrogens is 1. The molecule has 0 aromatic carbocycles. The van der Waals surface area contributed by atoms with Gasteiger partial charge in [0.05, 0.1) is 5.22 Å². The van der Waals surface area contributed by atoms with E-state index >= 15 is 0 Å². The van der Waals surface area contributed by atoms with Crippen molar-refractivity contribution in [2.75, 3.05) is 31.1 Å². The largest absolute Gasteiger partial charge is 0.354 e. The van der Waals surface area contributed by atoms with Crippen LogP contribution in [-0.2, 0) is 0 Å². The van der Waals surface area contributed by atoms with Gasteiger partial charge in [-0.25, -0.2) is 0 Å². The summed E-state index contributed by atoms with van der Waals surface area (Å²) in [5.41, 5.74) is 0.962. The molecule has 4 heteroatoms. The van der Waals surface area contributed by atoms with Crippen LogP contribution in [0.3, 0.4) is 0 Å². The van der Waals surface area contributed by atoms with Crippen LogP contribution in [0.2, 0.25) is 0 Å². The minimum atomic E-state index is 0.637. The molecule has 0 spiro atoms. The average Bonchev–Trinajstić information content (AvgIpc) is 2.88. The Balaban J connectivity index is 1.93. The normalized spacial score (nSPS) is 32.5. The first-order valence-corrected chi connectivity index (χ1v) is 7.80. The summed E-state index contributed by atoms with van der Waals surface area (Å²) in [5, 5.41) is 8.87. The fraction of sp³-hybridized carbons (Fsp3) is 0.688. The monoisotopic (exact) mass is 275 g/mol. The van der Waals surface area contributed by atoms with E-state index in [9.17, 15) is 0 Å². The quantitative estimate of drug-likeness (QED) is 0.873. The van der Waals surface area contributed by atoms with Gasteiger partial charge in [-0.1, -0.05) is 25.1 Å². The molecule has 1 aliphatic carbocycles. The molecule has 1 saturated heterocycles. The molecule has 2 heterocycles. The summed E-state index contributed by atoms with van der Waals surface area (Å²) in [6.45, 7) is 10.8. The predicted molar refractivity (Wildman–Crippen MR) is 81.9 cm³/mol. The summed E-state index contributed by atoms with van der Waals surface area (Å²) >= 11 is 0. The van der Waals surface area contributed by atoms with Crippen LogP contribution >= 0.6 is 0 Å². The molecule has 1 aromatic rings. The van der Waals surface area contributed by atoms with E-state index in [0.29, 0.717) is 5.92 Å². The van der Waals surface area contributed by atoms with Crippen molar-refractivity contribution in [2.24, 2.45) is 17.8 Å². The Labute approximate surface area is 120 Å². The Hall–Kier alpha value is -1.29. The van der Waals surface area contributed by atoms with Crippen LogP contribution < -0.4 is 20.9 Å². The maximum Gasteiger partial charge on any atom is 0.179 e. The Morgan fingerprint density at radius 2 is 1.95 bits per heavy atom. The first kappa shape index (κ1) is 13.7. The molecule has 110 valence electrons. The van der Waals surface area contributed by atoms with Gasteiger partial charge in [0.25, 0.3) is 0 Å². The number of nitrogens with zero attached hydrogens (tertiary/aromatic N) is 2. The SMILES string of the molecule is C/C=c1/c(N2CCNCC2)no/c1=C/C1C(C)CC1C. The Kier molecular flexibility index (Phi) is 3.83. The average molecular weight is 275 g/mol. The van der Waals surface area contributed by atoms with Gasteiger partial charge in [0.2, 0.25) is 0 Å². The van der Waals surface area contributed by atoms with Gasteiger partial charge < -0.3 is 14.7 Å². The second-order valence-electron chi connectivity index (χ2n) is 6.24. The van der Waals surface area contributed by atoms with E-state index < -0.39 is 0 Å². The first-order chi connectivity index (χ1) is 9.70. The van der Waals surface area contributed by atoms with Gasteiger partial charge in [0, 0.05) is 26.2 Å². The maximum atomic E-state index is 5.64. The minimum Gasteiger partial charge on any atom is -0.354 e. The second-order valence-corrected chi connectivity index (χ2v) is 6.24. The summed E-state index contributed by atoms with van der Waals surface area (Å²) in [5.74, 6) is 3.18. The molecule has 1 aliphatic heterocycles. The van der Waals surface area contributed by atoms with Crippen LogP contribution in [0.15, 0.2) is 4.52 Å².